The largest absolute Gasteiger partial charge is 0.478 e. The van der Waals surface area contributed by atoms with Gasteiger partial charge in [0.25, 0.3) is 0 Å². The maximum Gasteiger partial charge on any atom is 0.335 e. The molecule has 0 aliphatic carbocycles. The summed E-state index contributed by atoms with van der Waals surface area (Å²) < 4.78 is 1.85. The van der Waals surface area contributed by atoms with Crippen molar-refractivity contribution in [3.8, 4) is 0 Å². The molecule has 0 saturated heterocycles. The molecule has 5 nitrogen and oxygen atoms in total. The topological polar surface area (TPSA) is 67.2 Å². The molecule has 0 bridgehead atoms. The Labute approximate surface area is 105 Å². The normalized spacial score (nSPS) is 10.4. The number of aromatic carboxylic acids is 1. The van der Waals surface area contributed by atoms with E-state index in [4.69, 9.17) is 5.11 Å². The molecular formula is C13H15N3O2. The Morgan fingerprint density at radius 3 is 3.00 bits per heavy atom. The van der Waals surface area contributed by atoms with Crippen LogP contribution in [0.1, 0.15) is 15.9 Å². The summed E-state index contributed by atoms with van der Waals surface area (Å²) in [6, 6.07) is 8.83. The minimum absolute atomic E-state index is 0.321. The highest BCUT2D eigenvalue weighted by Crippen LogP contribution is 2.04. The lowest BCUT2D eigenvalue weighted by Crippen LogP contribution is -2.19. The van der Waals surface area contributed by atoms with Gasteiger partial charge in [-0.2, -0.15) is 5.10 Å². The second-order valence-electron chi connectivity index (χ2n) is 3.95. The van der Waals surface area contributed by atoms with Crippen molar-refractivity contribution in [1.82, 2.24) is 15.1 Å². The van der Waals surface area contributed by atoms with Crippen molar-refractivity contribution in [2.75, 3.05) is 6.54 Å². The summed E-state index contributed by atoms with van der Waals surface area (Å²) in [5, 5.41) is 16.2. The second kappa shape index (κ2) is 5.97. The first-order valence-corrected chi connectivity index (χ1v) is 5.76. The Balaban J connectivity index is 1.79. The summed E-state index contributed by atoms with van der Waals surface area (Å²) in [7, 11) is 0. The Morgan fingerprint density at radius 1 is 1.39 bits per heavy atom. The van der Waals surface area contributed by atoms with Crippen LogP contribution in [0.3, 0.4) is 0 Å². The van der Waals surface area contributed by atoms with Gasteiger partial charge in [0.1, 0.15) is 0 Å². The van der Waals surface area contributed by atoms with Gasteiger partial charge in [-0.15, -0.1) is 0 Å². The summed E-state index contributed by atoms with van der Waals surface area (Å²) in [6.45, 7) is 2.24. The van der Waals surface area contributed by atoms with E-state index in [0.29, 0.717) is 12.1 Å². The molecule has 1 heterocycles. The van der Waals surface area contributed by atoms with Gasteiger partial charge in [-0.1, -0.05) is 12.1 Å². The zero-order valence-corrected chi connectivity index (χ0v) is 9.91. The predicted octanol–water partition coefficient (Wildman–Crippen LogP) is 1.37. The van der Waals surface area contributed by atoms with Crippen molar-refractivity contribution in [3.63, 3.8) is 0 Å². The minimum atomic E-state index is -0.895. The first-order chi connectivity index (χ1) is 8.75. The van der Waals surface area contributed by atoms with E-state index in [9.17, 15) is 4.79 Å². The number of carboxylic acids is 1. The Morgan fingerprint density at radius 2 is 2.28 bits per heavy atom. The van der Waals surface area contributed by atoms with E-state index >= 15 is 0 Å². The SMILES string of the molecule is O=C(O)c1cccc(CNCCn2cccn2)c1. The molecule has 0 aliphatic heterocycles. The summed E-state index contributed by atoms with van der Waals surface area (Å²) in [5.41, 5.74) is 1.29. The fraction of sp³-hybridized carbons (Fsp3) is 0.231. The van der Waals surface area contributed by atoms with Crippen molar-refractivity contribution in [1.29, 1.82) is 0 Å². The number of benzene rings is 1. The molecule has 2 N–H and O–H groups in total. The van der Waals surface area contributed by atoms with Crippen LogP contribution in [0.25, 0.3) is 0 Å². The van der Waals surface area contributed by atoms with E-state index in [1.807, 2.05) is 23.0 Å². The van der Waals surface area contributed by atoms with Gasteiger partial charge < -0.3 is 10.4 Å². The standard InChI is InChI=1S/C13H15N3O2/c17-13(18)12-4-1-3-11(9-12)10-14-6-8-16-7-2-5-15-16/h1-5,7,9,14H,6,8,10H2,(H,17,18). The molecule has 1 aromatic carbocycles. The van der Waals surface area contributed by atoms with Crippen molar-refractivity contribution in [2.45, 2.75) is 13.1 Å². The fourth-order valence-corrected chi connectivity index (χ4v) is 1.67. The van der Waals surface area contributed by atoms with Crippen LogP contribution in [-0.2, 0) is 13.1 Å². The fourth-order valence-electron chi connectivity index (χ4n) is 1.67. The third-order valence-corrected chi connectivity index (χ3v) is 2.58. The number of aromatic nitrogens is 2. The third-order valence-electron chi connectivity index (χ3n) is 2.58. The minimum Gasteiger partial charge on any atom is -0.478 e. The molecular weight excluding hydrogens is 230 g/mol. The highest BCUT2D eigenvalue weighted by Gasteiger charge is 2.02. The first-order valence-electron chi connectivity index (χ1n) is 5.76. The van der Waals surface area contributed by atoms with Gasteiger partial charge >= 0.3 is 5.97 Å². The lowest BCUT2D eigenvalue weighted by atomic mass is 10.1. The molecule has 0 spiro atoms. The average Bonchev–Trinajstić information content (AvgIpc) is 2.88. The number of hydrogen-bond acceptors (Lipinski definition) is 3. The van der Waals surface area contributed by atoms with Crippen molar-refractivity contribution < 1.29 is 9.90 Å². The lowest BCUT2D eigenvalue weighted by molar-refractivity contribution is 0.0696. The molecule has 0 atom stereocenters. The quantitative estimate of drug-likeness (QED) is 0.754. The monoisotopic (exact) mass is 245 g/mol. The van der Waals surface area contributed by atoms with E-state index in [1.54, 1.807) is 24.4 Å². The third kappa shape index (κ3) is 3.43. The van der Waals surface area contributed by atoms with Crippen LogP contribution in [0, 0.1) is 0 Å². The zero-order valence-electron chi connectivity index (χ0n) is 9.91. The number of hydrogen-bond donors (Lipinski definition) is 2. The van der Waals surface area contributed by atoms with Crippen LogP contribution >= 0.6 is 0 Å². The summed E-state index contributed by atoms with van der Waals surface area (Å²) >= 11 is 0. The van der Waals surface area contributed by atoms with Crippen LogP contribution < -0.4 is 5.32 Å². The Bertz CT molecular complexity index is 509. The number of carbonyl (C=O) groups is 1. The molecule has 0 saturated carbocycles. The van der Waals surface area contributed by atoms with Gasteiger partial charge in [-0.25, -0.2) is 4.79 Å². The summed E-state index contributed by atoms with van der Waals surface area (Å²) in [4.78, 5) is 10.8. The van der Waals surface area contributed by atoms with Gasteiger partial charge in [-0.3, -0.25) is 4.68 Å². The molecule has 5 heteroatoms. The van der Waals surface area contributed by atoms with E-state index in [-0.39, 0.29) is 0 Å². The lowest BCUT2D eigenvalue weighted by Gasteiger charge is -2.06. The second-order valence-corrected chi connectivity index (χ2v) is 3.95. The predicted molar refractivity (Wildman–Crippen MR) is 67.3 cm³/mol. The van der Waals surface area contributed by atoms with E-state index in [2.05, 4.69) is 10.4 Å². The highest BCUT2D eigenvalue weighted by atomic mass is 16.4. The molecule has 2 aromatic rings. The molecule has 0 radical (unpaired) electrons. The van der Waals surface area contributed by atoms with Gasteiger partial charge in [0.05, 0.1) is 12.1 Å². The maximum absolute atomic E-state index is 10.8. The smallest absolute Gasteiger partial charge is 0.335 e. The Kier molecular flexibility index (Phi) is 4.09. The zero-order chi connectivity index (χ0) is 12.8. The number of rotatable bonds is 6. The number of nitrogens with zero attached hydrogens (tertiary/aromatic N) is 2. The average molecular weight is 245 g/mol. The highest BCUT2D eigenvalue weighted by molar-refractivity contribution is 5.87. The van der Waals surface area contributed by atoms with E-state index in [1.165, 1.54) is 0 Å². The van der Waals surface area contributed by atoms with Crippen molar-refractivity contribution in [2.24, 2.45) is 0 Å². The first kappa shape index (κ1) is 12.3. The van der Waals surface area contributed by atoms with Crippen LogP contribution in [0.4, 0.5) is 0 Å². The maximum atomic E-state index is 10.8. The van der Waals surface area contributed by atoms with Crippen molar-refractivity contribution >= 4 is 5.97 Å². The van der Waals surface area contributed by atoms with Crippen LogP contribution in [0.15, 0.2) is 42.7 Å². The van der Waals surface area contributed by atoms with E-state index < -0.39 is 5.97 Å². The molecule has 0 unspecified atom stereocenters. The number of carboxylic acid groups (broad SMARTS) is 1. The van der Waals surface area contributed by atoms with Gasteiger partial charge in [0.15, 0.2) is 0 Å². The van der Waals surface area contributed by atoms with E-state index in [0.717, 1.165) is 18.7 Å². The van der Waals surface area contributed by atoms with Crippen LogP contribution in [0.2, 0.25) is 0 Å². The molecule has 2 rings (SSSR count). The molecule has 0 fully saturated rings. The molecule has 18 heavy (non-hydrogen) atoms. The van der Waals surface area contributed by atoms with Crippen LogP contribution in [0.5, 0.6) is 0 Å². The molecule has 0 aliphatic rings. The molecule has 0 amide bonds. The number of nitrogens with one attached hydrogen (secondary N) is 1. The summed E-state index contributed by atoms with van der Waals surface area (Å²) in [6.07, 6.45) is 3.66. The molecule has 94 valence electrons. The summed E-state index contributed by atoms with van der Waals surface area (Å²) in [5.74, 6) is -0.895. The van der Waals surface area contributed by atoms with Gasteiger partial charge in [0, 0.05) is 25.5 Å². The van der Waals surface area contributed by atoms with Crippen molar-refractivity contribution in [3.05, 3.63) is 53.9 Å². The van der Waals surface area contributed by atoms with Gasteiger partial charge in [-0.05, 0) is 23.8 Å². The Hall–Kier alpha value is -2.14. The van der Waals surface area contributed by atoms with Crippen LogP contribution in [-0.4, -0.2) is 27.4 Å². The van der Waals surface area contributed by atoms with Gasteiger partial charge in [0.2, 0.25) is 0 Å². The molecule has 1 aromatic heterocycles.